The van der Waals surface area contributed by atoms with E-state index in [4.69, 9.17) is 11.6 Å². The fourth-order valence-electron chi connectivity index (χ4n) is 1.81. The van der Waals surface area contributed by atoms with Gasteiger partial charge in [0.1, 0.15) is 11.3 Å². The van der Waals surface area contributed by atoms with Crippen LogP contribution in [0, 0.1) is 0 Å². The van der Waals surface area contributed by atoms with E-state index in [-0.39, 0.29) is 0 Å². The topological polar surface area (TPSA) is 50.7 Å². The molecule has 2 aromatic rings. The van der Waals surface area contributed by atoms with Gasteiger partial charge in [0.2, 0.25) is 0 Å². The molecule has 1 aliphatic rings. The molecule has 0 aromatic carbocycles. The molecule has 0 saturated heterocycles. The molecule has 0 radical (unpaired) electrons. The maximum atomic E-state index is 5.92. The highest BCUT2D eigenvalue weighted by molar-refractivity contribution is 6.21. The number of hydrogen-bond donors (Lipinski definition) is 1. The normalized spacial score (nSPS) is 24.1. The number of nitrogens with zero attached hydrogens (tertiary/aromatic N) is 3. The van der Waals surface area contributed by atoms with Crippen molar-refractivity contribution in [2.75, 3.05) is 5.32 Å². The number of fused-ring (bicyclic) bond motifs is 1. The number of anilines is 1. The number of pyridine rings is 1. The van der Waals surface area contributed by atoms with Gasteiger partial charge >= 0.3 is 0 Å². The van der Waals surface area contributed by atoms with E-state index in [0.29, 0.717) is 17.1 Å². The van der Waals surface area contributed by atoms with Gasteiger partial charge in [-0.05, 0) is 25.0 Å². The van der Waals surface area contributed by atoms with Crippen molar-refractivity contribution in [3.63, 3.8) is 0 Å². The van der Waals surface area contributed by atoms with Gasteiger partial charge in [-0.1, -0.05) is 0 Å². The van der Waals surface area contributed by atoms with Crippen LogP contribution in [0.25, 0.3) is 11.2 Å². The number of alkyl halides is 1. The highest BCUT2D eigenvalue weighted by Gasteiger charge is 2.27. The Bertz CT molecular complexity index is 510. The van der Waals surface area contributed by atoms with Gasteiger partial charge in [0, 0.05) is 23.8 Å². The van der Waals surface area contributed by atoms with Gasteiger partial charge < -0.3 is 5.32 Å². The molecule has 2 heterocycles. The summed E-state index contributed by atoms with van der Waals surface area (Å²) in [5.74, 6) is 0.849. The van der Waals surface area contributed by atoms with Crippen LogP contribution in [0.3, 0.4) is 0 Å². The van der Waals surface area contributed by atoms with Crippen LogP contribution in [0.1, 0.15) is 12.8 Å². The molecule has 0 spiro atoms. The summed E-state index contributed by atoms with van der Waals surface area (Å²) in [4.78, 5) is 12.7. The molecule has 1 N–H and O–H groups in total. The SMILES string of the molecule is ClC1CC(Nc2ccc3nccnc3n2)C1. The number of halogens is 1. The van der Waals surface area contributed by atoms with E-state index in [9.17, 15) is 0 Å². The molecule has 4 nitrogen and oxygen atoms in total. The Morgan fingerprint density at radius 3 is 2.81 bits per heavy atom. The van der Waals surface area contributed by atoms with Crippen LogP contribution in [-0.4, -0.2) is 26.4 Å². The summed E-state index contributed by atoms with van der Waals surface area (Å²) in [7, 11) is 0. The lowest BCUT2D eigenvalue weighted by Crippen LogP contribution is -2.36. The zero-order valence-electron chi connectivity index (χ0n) is 8.60. The Kier molecular flexibility index (Phi) is 2.36. The van der Waals surface area contributed by atoms with Crippen LogP contribution in [0.2, 0.25) is 0 Å². The highest BCUT2D eigenvalue weighted by Crippen LogP contribution is 2.28. The van der Waals surface area contributed by atoms with Gasteiger partial charge in [0.05, 0.1) is 0 Å². The Morgan fingerprint density at radius 1 is 1.19 bits per heavy atom. The molecule has 0 atom stereocenters. The van der Waals surface area contributed by atoms with Crippen molar-refractivity contribution in [3.8, 4) is 0 Å². The summed E-state index contributed by atoms with van der Waals surface area (Å²) in [6.07, 6.45) is 5.32. The first-order chi connectivity index (χ1) is 7.81. The molecule has 1 saturated carbocycles. The van der Waals surface area contributed by atoms with Crippen molar-refractivity contribution in [2.45, 2.75) is 24.3 Å². The first-order valence-electron chi connectivity index (χ1n) is 5.29. The third-order valence-corrected chi connectivity index (χ3v) is 3.12. The fourth-order valence-corrected chi connectivity index (χ4v) is 2.24. The zero-order valence-corrected chi connectivity index (χ0v) is 9.35. The summed E-state index contributed by atoms with van der Waals surface area (Å²) >= 11 is 5.92. The van der Waals surface area contributed by atoms with E-state index < -0.39 is 0 Å². The minimum atomic E-state index is 0.317. The zero-order chi connectivity index (χ0) is 11.0. The summed E-state index contributed by atoms with van der Waals surface area (Å²) in [6.45, 7) is 0. The standard InChI is InChI=1S/C11H11ClN4/c12-7-5-8(6-7)15-10-2-1-9-11(16-10)14-4-3-13-9/h1-4,7-8H,5-6H2,(H,14,15,16). The summed E-state index contributed by atoms with van der Waals surface area (Å²) in [5.41, 5.74) is 1.49. The Labute approximate surface area is 98.1 Å². The lowest BCUT2D eigenvalue weighted by atomic mass is 9.92. The van der Waals surface area contributed by atoms with Crippen LogP contribution in [0.5, 0.6) is 0 Å². The van der Waals surface area contributed by atoms with Gasteiger partial charge in [-0.15, -0.1) is 11.6 Å². The van der Waals surface area contributed by atoms with Gasteiger partial charge in [-0.2, -0.15) is 0 Å². The Hall–Kier alpha value is -1.42. The van der Waals surface area contributed by atoms with E-state index in [1.165, 1.54) is 0 Å². The molecule has 2 aromatic heterocycles. The maximum absolute atomic E-state index is 5.92. The molecular weight excluding hydrogens is 224 g/mol. The third kappa shape index (κ3) is 1.80. The third-order valence-electron chi connectivity index (χ3n) is 2.76. The average molecular weight is 235 g/mol. The molecule has 0 aliphatic heterocycles. The average Bonchev–Trinajstić information content (AvgIpc) is 2.27. The Balaban J connectivity index is 1.82. The molecule has 0 bridgehead atoms. The predicted octanol–water partition coefficient (Wildman–Crippen LogP) is 2.21. The molecule has 82 valence electrons. The summed E-state index contributed by atoms with van der Waals surface area (Å²) < 4.78 is 0. The van der Waals surface area contributed by atoms with Crippen molar-refractivity contribution in [2.24, 2.45) is 0 Å². The lowest BCUT2D eigenvalue weighted by Gasteiger charge is -2.31. The second-order valence-corrected chi connectivity index (χ2v) is 4.62. The minimum Gasteiger partial charge on any atom is -0.367 e. The van der Waals surface area contributed by atoms with E-state index in [1.807, 2.05) is 12.1 Å². The van der Waals surface area contributed by atoms with Crippen molar-refractivity contribution < 1.29 is 0 Å². The van der Waals surface area contributed by atoms with Gasteiger partial charge in [0.15, 0.2) is 5.65 Å². The first-order valence-corrected chi connectivity index (χ1v) is 5.73. The second-order valence-electron chi connectivity index (χ2n) is 4.01. The van der Waals surface area contributed by atoms with E-state index >= 15 is 0 Å². The Morgan fingerprint density at radius 2 is 2.00 bits per heavy atom. The summed E-state index contributed by atoms with van der Waals surface area (Å²) in [6, 6.07) is 4.30. The van der Waals surface area contributed by atoms with Crippen LogP contribution in [-0.2, 0) is 0 Å². The fraction of sp³-hybridized carbons (Fsp3) is 0.364. The number of aromatic nitrogens is 3. The maximum Gasteiger partial charge on any atom is 0.180 e. The van der Waals surface area contributed by atoms with Crippen molar-refractivity contribution in [1.29, 1.82) is 0 Å². The highest BCUT2D eigenvalue weighted by atomic mass is 35.5. The van der Waals surface area contributed by atoms with Crippen LogP contribution >= 0.6 is 11.6 Å². The van der Waals surface area contributed by atoms with Crippen LogP contribution in [0.15, 0.2) is 24.5 Å². The van der Waals surface area contributed by atoms with Crippen LogP contribution < -0.4 is 5.32 Å². The minimum absolute atomic E-state index is 0.317. The lowest BCUT2D eigenvalue weighted by molar-refractivity contribution is 0.453. The molecule has 3 rings (SSSR count). The molecule has 1 fully saturated rings. The molecule has 0 amide bonds. The quantitative estimate of drug-likeness (QED) is 0.810. The smallest absolute Gasteiger partial charge is 0.180 e. The van der Waals surface area contributed by atoms with E-state index in [1.54, 1.807) is 12.4 Å². The van der Waals surface area contributed by atoms with Crippen molar-refractivity contribution >= 4 is 28.6 Å². The molecular formula is C11H11ClN4. The van der Waals surface area contributed by atoms with Gasteiger partial charge in [-0.25, -0.2) is 9.97 Å². The van der Waals surface area contributed by atoms with Gasteiger partial charge in [0.25, 0.3) is 0 Å². The molecule has 5 heteroatoms. The molecule has 1 aliphatic carbocycles. The van der Waals surface area contributed by atoms with Crippen molar-refractivity contribution in [3.05, 3.63) is 24.5 Å². The first kappa shape index (κ1) is 9.78. The number of rotatable bonds is 2. The van der Waals surface area contributed by atoms with Gasteiger partial charge in [-0.3, -0.25) is 4.98 Å². The van der Waals surface area contributed by atoms with E-state index in [0.717, 1.165) is 24.2 Å². The summed E-state index contributed by atoms with van der Waals surface area (Å²) in [5, 5.41) is 3.65. The monoisotopic (exact) mass is 234 g/mol. The molecule has 16 heavy (non-hydrogen) atoms. The number of hydrogen-bond acceptors (Lipinski definition) is 4. The van der Waals surface area contributed by atoms with Crippen molar-refractivity contribution in [1.82, 2.24) is 15.0 Å². The van der Waals surface area contributed by atoms with E-state index in [2.05, 4.69) is 20.3 Å². The number of nitrogens with one attached hydrogen (secondary N) is 1. The predicted molar refractivity (Wildman–Crippen MR) is 63.6 cm³/mol. The largest absolute Gasteiger partial charge is 0.367 e. The second kappa shape index (κ2) is 3.87. The van der Waals surface area contributed by atoms with Crippen LogP contribution in [0.4, 0.5) is 5.82 Å². The molecule has 0 unspecified atom stereocenters.